The van der Waals surface area contributed by atoms with Crippen molar-refractivity contribution >= 4 is 79.5 Å². The minimum Gasteiger partial charge on any atom is -0.347 e. The van der Waals surface area contributed by atoms with Crippen molar-refractivity contribution in [2.45, 2.75) is 33.2 Å². The van der Waals surface area contributed by atoms with Crippen molar-refractivity contribution in [3.8, 4) is 0 Å². The van der Waals surface area contributed by atoms with E-state index >= 15 is 0 Å². The number of carbonyl (C=O) groups is 2. The summed E-state index contributed by atoms with van der Waals surface area (Å²) in [5, 5.41) is 10.3. The molecule has 0 atom stereocenters. The van der Waals surface area contributed by atoms with Gasteiger partial charge in [-0.1, -0.05) is 41.4 Å². The van der Waals surface area contributed by atoms with Gasteiger partial charge in [-0.3, -0.25) is 14.9 Å². The van der Waals surface area contributed by atoms with Gasteiger partial charge in [-0.2, -0.15) is 0 Å². The number of amides is 2. The average molecular weight is 494 g/mol. The highest BCUT2D eigenvalue weighted by molar-refractivity contribution is 7.80. The Morgan fingerprint density at radius 2 is 1.77 bits per heavy atom. The van der Waals surface area contributed by atoms with E-state index in [0.717, 1.165) is 15.6 Å². The lowest BCUT2D eigenvalue weighted by molar-refractivity contribution is 0.0922. The molecule has 0 fully saturated rings. The number of carbonyl (C=O) groups excluding carboxylic acids is 2. The topological polar surface area (TPSA) is 70.2 Å². The molecular formula is C22H21Cl2N3O2S2. The summed E-state index contributed by atoms with van der Waals surface area (Å²) >= 11 is 19.2. The fourth-order valence-corrected chi connectivity index (χ4v) is 4.65. The number of nitrogens with one attached hydrogen (secondary N) is 3. The van der Waals surface area contributed by atoms with E-state index in [1.807, 2.05) is 39.8 Å². The van der Waals surface area contributed by atoms with Crippen molar-refractivity contribution in [2.75, 3.05) is 5.32 Å². The first-order valence-corrected chi connectivity index (χ1v) is 11.4. The fraction of sp³-hybridized carbons (Fsp3) is 0.227. The number of thiocarbonyl (C=S) groups is 1. The van der Waals surface area contributed by atoms with Gasteiger partial charge in [0, 0.05) is 21.5 Å². The van der Waals surface area contributed by atoms with Crippen LogP contribution in [0.1, 0.15) is 46.4 Å². The van der Waals surface area contributed by atoms with Gasteiger partial charge >= 0.3 is 0 Å². The first-order valence-electron chi connectivity index (χ1n) is 9.38. The second kappa shape index (κ2) is 9.12. The number of rotatable bonds is 3. The smallest absolute Gasteiger partial charge is 0.263 e. The van der Waals surface area contributed by atoms with Crippen LogP contribution in [-0.4, -0.2) is 22.5 Å². The molecule has 5 nitrogen and oxygen atoms in total. The molecule has 0 aliphatic carbocycles. The molecule has 3 aromatic rings. The minimum atomic E-state index is -0.387. The molecular weight excluding hydrogens is 473 g/mol. The van der Waals surface area contributed by atoms with E-state index < -0.39 is 0 Å². The third kappa shape index (κ3) is 5.54. The molecule has 3 N–H and O–H groups in total. The third-order valence-corrected chi connectivity index (χ3v) is 6.61. The van der Waals surface area contributed by atoms with E-state index in [0.29, 0.717) is 26.2 Å². The lowest BCUT2D eigenvalue weighted by atomic mass is 10.1. The third-order valence-electron chi connectivity index (χ3n) is 4.26. The standard InChI is InChI=1S/C22H21Cl2N3O2S2/c1-11-8-9-12(10-14(11)23)19(28)26-21(30)25-15-7-5-6-13-16(24)18(31-17(13)15)20(29)27-22(2,3)4/h5-10H,1-4H3,(H,27,29)(H2,25,26,28,30). The normalized spacial score (nSPS) is 11.3. The largest absolute Gasteiger partial charge is 0.347 e. The fourth-order valence-electron chi connectivity index (χ4n) is 2.79. The van der Waals surface area contributed by atoms with Gasteiger partial charge in [0.1, 0.15) is 4.88 Å². The maximum atomic E-state index is 12.6. The number of aryl methyl sites for hydroxylation is 1. The molecule has 31 heavy (non-hydrogen) atoms. The highest BCUT2D eigenvalue weighted by Crippen LogP contribution is 2.39. The van der Waals surface area contributed by atoms with E-state index in [2.05, 4.69) is 16.0 Å². The van der Waals surface area contributed by atoms with Crippen molar-refractivity contribution in [3.63, 3.8) is 0 Å². The summed E-state index contributed by atoms with van der Waals surface area (Å²) in [5.74, 6) is -0.613. The predicted octanol–water partition coefficient (Wildman–Crippen LogP) is 6.17. The van der Waals surface area contributed by atoms with E-state index in [9.17, 15) is 9.59 Å². The zero-order valence-electron chi connectivity index (χ0n) is 17.4. The van der Waals surface area contributed by atoms with Crippen LogP contribution in [-0.2, 0) is 0 Å². The number of thiophene rings is 1. The summed E-state index contributed by atoms with van der Waals surface area (Å²) < 4.78 is 0.765. The van der Waals surface area contributed by atoms with Gasteiger partial charge in [0.05, 0.1) is 15.4 Å². The summed E-state index contributed by atoms with van der Waals surface area (Å²) in [6.45, 7) is 7.57. The molecule has 0 bridgehead atoms. The zero-order valence-corrected chi connectivity index (χ0v) is 20.5. The molecule has 9 heteroatoms. The van der Waals surface area contributed by atoms with Crippen LogP contribution in [0.4, 0.5) is 5.69 Å². The molecule has 0 spiro atoms. The number of hydrogen-bond acceptors (Lipinski definition) is 4. The molecule has 2 amide bonds. The Morgan fingerprint density at radius 1 is 1.06 bits per heavy atom. The quantitative estimate of drug-likeness (QED) is 0.381. The lowest BCUT2D eigenvalue weighted by Crippen LogP contribution is -2.40. The van der Waals surface area contributed by atoms with E-state index in [1.54, 1.807) is 24.3 Å². The molecule has 0 saturated carbocycles. The second-order valence-electron chi connectivity index (χ2n) is 8.00. The second-order valence-corrected chi connectivity index (χ2v) is 10.2. The van der Waals surface area contributed by atoms with Crippen molar-refractivity contribution < 1.29 is 9.59 Å². The number of anilines is 1. The molecule has 1 heterocycles. The minimum absolute atomic E-state index is 0.124. The van der Waals surface area contributed by atoms with Crippen molar-refractivity contribution in [1.29, 1.82) is 0 Å². The predicted molar refractivity (Wildman–Crippen MR) is 134 cm³/mol. The number of fused-ring (bicyclic) bond motifs is 1. The molecule has 0 aliphatic rings. The van der Waals surface area contributed by atoms with Crippen LogP contribution in [0.3, 0.4) is 0 Å². The molecule has 0 saturated heterocycles. The first-order chi connectivity index (χ1) is 14.5. The van der Waals surface area contributed by atoms with Crippen LogP contribution in [0.2, 0.25) is 10.0 Å². The number of halogens is 2. The van der Waals surface area contributed by atoms with Gasteiger partial charge in [-0.05, 0) is 63.7 Å². The summed E-state index contributed by atoms with van der Waals surface area (Å²) in [7, 11) is 0. The monoisotopic (exact) mass is 493 g/mol. The summed E-state index contributed by atoms with van der Waals surface area (Å²) in [6, 6.07) is 10.5. The van der Waals surface area contributed by atoms with Gasteiger partial charge in [0.25, 0.3) is 11.8 Å². The van der Waals surface area contributed by atoms with Crippen molar-refractivity contribution in [2.24, 2.45) is 0 Å². The highest BCUT2D eigenvalue weighted by atomic mass is 35.5. The Labute approximate surface area is 200 Å². The van der Waals surface area contributed by atoms with E-state index in [-0.39, 0.29) is 22.5 Å². The highest BCUT2D eigenvalue weighted by Gasteiger charge is 2.22. The van der Waals surface area contributed by atoms with Crippen LogP contribution < -0.4 is 16.0 Å². The van der Waals surface area contributed by atoms with Crippen LogP contribution in [0.5, 0.6) is 0 Å². The maximum Gasteiger partial charge on any atom is 0.263 e. The number of benzene rings is 2. The molecule has 3 rings (SSSR count). The van der Waals surface area contributed by atoms with Crippen molar-refractivity contribution in [1.82, 2.24) is 10.6 Å². The maximum absolute atomic E-state index is 12.6. The van der Waals surface area contributed by atoms with Crippen LogP contribution >= 0.6 is 46.8 Å². The molecule has 0 radical (unpaired) electrons. The molecule has 0 unspecified atom stereocenters. The van der Waals surface area contributed by atoms with E-state index in [1.165, 1.54) is 11.3 Å². The van der Waals surface area contributed by atoms with Crippen LogP contribution in [0.15, 0.2) is 36.4 Å². The first kappa shape index (κ1) is 23.5. The molecule has 2 aromatic carbocycles. The van der Waals surface area contributed by atoms with Crippen molar-refractivity contribution in [3.05, 3.63) is 62.4 Å². The molecule has 0 aliphatic heterocycles. The summed E-state index contributed by atoms with van der Waals surface area (Å²) in [4.78, 5) is 25.5. The van der Waals surface area contributed by atoms with Gasteiger partial charge in [0.2, 0.25) is 0 Å². The van der Waals surface area contributed by atoms with E-state index in [4.69, 9.17) is 35.4 Å². The Hall–Kier alpha value is -2.19. The number of hydrogen-bond donors (Lipinski definition) is 3. The lowest BCUT2D eigenvalue weighted by Gasteiger charge is -2.19. The van der Waals surface area contributed by atoms with Gasteiger partial charge in [0.15, 0.2) is 5.11 Å². The van der Waals surface area contributed by atoms with Crippen LogP contribution in [0.25, 0.3) is 10.1 Å². The zero-order chi connectivity index (χ0) is 22.9. The SMILES string of the molecule is Cc1ccc(C(=O)NC(=S)Nc2cccc3c(Cl)c(C(=O)NC(C)(C)C)sc23)cc1Cl. The van der Waals surface area contributed by atoms with Gasteiger partial charge in [-0.25, -0.2) is 0 Å². The van der Waals surface area contributed by atoms with Gasteiger partial charge in [-0.15, -0.1) is 11.3 Å². The van der Waals surface area contributed by atoms with Gasteiger partial charge < -0.3 is 10.6 Å². The molecule has 162 valence electrons. The Bertz CT molecular complexity index is 1200. The Kier molecular flexibility index (Phi) is 6.91. The summed E-state index contributed by atoms with van der Waals surface area (Å²) in [6.07, 6.45) is 0. The summed E-state index contributed by atoms with van der Waals surface area (Å²) in [5.41, 5.74) is 1.54. The molecule has 1 aromatic heterocycles. The Balaban J connectivity index is 1.82. The Morgan fingerprint density at radius 3 is 2.42 bits per heavy atom. The average Bonchev–Trinajstić information content (AvgIpc) is 3.00. The van der Waals surface area contributed by atoms with Crippen LogP contribution in [0, 0.1) is 6.92 Å².